The minimum atomic E-state index is 0.0100. The lowest BCUT2D eigenvalue weighted by Gasteiger charge is -2.17. The summed E-state index contributed by atoms with van der Waals surface area (Å²) in [5.74, 6) is 0.0100. The summed E-state index contributed by atoms with van der Waals surface area (Å²) >= 11 is 0. The molecule has 4 heteroatoms. The van der Waals surface area contributed by atoms with Crippen LogP contribution in [-0.4, -0.2) is 26.2 Å². The highest BCUT2D eigenvalue weighted by molar-refractivity contribution is 5.92. The van der Waals surface area contributed by atoms with Crippen molar-refractivity contribution in [1.82, 2.24) is 0 Å². The maximum absolute atomic E-state index is 11.8. The predicted molar refractivity (Wildman–Crippen MR) is 70.3 cm³/mol. The van der Waals surface area contributed by atoms with Gasteiger partial charge in [0.1, 0.15) is 0 Å². The molecule has 1 rings (SSSR count). The summed E-state index contributed by atoms with van der Waals surface area (Å²) in [6.07, 6.45) is 1.33. The first-order valence-electron chi connectivity index (χ1n) is 6.03. The van der Waals surface area contributed by atoms with Crippen LogP contribution >= 0.6 is 0 Å². The maximum atomic E-state index is 11.8. The highest BCUT2D eigenvalue weighted by atomic mass is 16.5. The van der Waals surface area contributed by atoms with E-state index in [1.807, 2.05) is 13.0 Å². The second-order valence-corrected chi connectivity index (χ2v) is 3.97. The minimum Gasteiger partial charge on any atom is -0.381 e. The van der Waals surface area contributed by atoms with Gasteiger partial charge in [0.15, 0.2) is 0 Å². The van der Waals surface area contributed by atoms with Crippen molar-refractivity contribution in [3.63, 3.8) is 0 Å². The molecule has 0 fully saturated rings. The van der Waals surface area contributed by atoms with E-state index in [0.29, 0.717) is 25.2 Å². The number of carbonyl (C=O) groups excluding carboxylic acids is 1. The van der Waals surface area contributed by atoms with Gasteiger partial charge in [-0.15, -0.1) is 0 Å². The molecule has 0 bridgehead atoms. The summed E-state index contributed by atoms with van der Waals surface area (Å²) in [5, 5.41) is 8.70. The fourth-order valence-electron chi connectivity index (χ4n) is 1.48. The third-order valence-electron chi connectivity index (χ3n) is 2.57. The monoisotopic (exact) mass is 246 g/mol. The van der Waals surface area contributed by atoms with Gasteiger partial charge in [0, 0.05) is 19.3 Å². The standard InChI is InChI=1S/C14H18N2O2/c1-3-9-18-10-8-14(17)16(2)13-6-4-12(11-15)5-7-13/h4-7H,3,8-10H2,1-2H3. The van der Waals surface area contributed by atoms with Crippen LogP contribution in [0.1, 0.15) is 25.3 Å². The summed E-state index contributed by atoms with van der Waals surface area (Å²) in [4.78, 5) is 13.4. The number of hydrogen-bond donors (Lipinski definition) is 0. The van der Waals surface area contributed by atoms with Gasteiger partial charge in [-0.1, -0.05) is 6.92 Å². The summed E-state index contributed by atoms with van der Waals surface area (Å²) in [5.41, 5.74) is 1.38. The van der Waals surface area contributed by atoms with Gasteiger partial charge in [-0.25, -0.2) is 0 Å². The minimum absolute atomic E-state index is 0.0100. The zero-order valence-corrected chi connectivity index (χ0v) is 10.8. The van der Waals surface area contributed by atoms with Crippen LogP contribution in [-0.2, 0) is 9.53 Å². The van der Waals surface area contributed by atoms with E-state index in [9.17, 15) is 4.79 Å². The Kier molecular flexibility index (Phi) is 5.89. The lowest BCUT2D eigenvalue weighted by molar-refractivity contribution is -0.119. The van der Waals surface area contributed by atoms with Gasteiger partial charge in [-0.3, -0.25) is 4.79 Å². The molecular formula is C14H18N2O2. The molecule has 0 aromatic heterocycles. The average molecular weight is 246 g/mol. The molecule has 0 aliphatic heterocycles. The van der Waals surface area contributed by atoms with Crippen molar-refractivity contribution >= 4 is 11.6 Å². The van der Waals surface area contributed by atoms with Crippen molar-refractivity contribution < 1.29 is 9.53 Å². The van der Waals surface area contributed by atoms with E-state index in [4.69, 9.17) is 10.00 Å². The highest BCUT2D eigenvalue weighted by Crippen LogP contribution is 2.14. The first-order chi connectivity index (χ1) is 8.69. The molecule has 0 atom stereocenters. The molecule has 0 radical (unpaired) electrons. The topological polar surface area (TPSA) is 53.3 Å². The third-order valence-corrected chi connectivity index (χ3v) is 2.57. The lowest BCUT2D eigenvalue weighted by Crippen LogP contribution is -2.27. The Morgan fingerprint density at radius 1 is 1.33 bits per heavy atom. The molecule has 1 amide bonds. The van der Waals surface area contributed by atoms with Crippen LogP contribution in [0.3, 0.4) is 0 Å². The second kappa shape index (κ2) is 7.46. The van der Waals surface area contributed by atoms with Crippen LogP contribution in [0.2, 0.25) is 0 Å². The van der Waals surface area contributed by atoms with Crippen LogP contribution in [0.4, 0.5) is 5.69 Å². The van der Waals surface area contributed by atoms with Crippen molar-refractivity contribution in [3.8, 4) is 6.07 Å². The largest absolute Gasteiger partial charge is 0.381 e. The summed E-state index contributed by atoms with van der Waals surface area (Å²) in [7, 11) is 1.73. The van der Waals surface area contributed by atoms with Crippen molar-refractivity contribution in [2.24, 2.45) is 0 Å². The van der Waals surface area contributed by atoms with Crippen LogP contribution in [0.25, 0.3) is 0 Å². The third kappa shape index (κ3) is 4.19. The Morgan fingerprint density at radius 3 is 2.56 bits per heavy atom. The fraction of sp³-hybridized carbons (Fsp3) is 0.429. The number of ether oxygens (including phenoxy) is 1. The van der Waals surface area contributed by atoms with Gasteiger partial charge in [0.2, 0.25) is 5.91 Å². The molecule has 0 saturated carbocycles. The van der Waals surface area contributed by atoms with Gasteiger partial charge in [-0.2, -0.15) is 5.26 Å². The number of hydrogen-bond acceptors (Lipinski definition) is 3. The quantitative estimate of drug-likeness (QED) is 0.724. The predicted octanol–water partition coefficient (Wildman–Crippen LogP) is 2.34. The number of rotatable bonds is 6. The number of nitrogens with zero attached hydrogens (tertiary/aromatic N) is 2. The SMILES string of the molecule is CCCOCCC(=O)N(C)c1ccc(C#N)cc1. The van der Waals surface area contributed by atoms with E-state index < -0.39 is 0 Å². The number of amides is 1. The first kappa shape index (κ1) is 14.2. The molecule has 1 aromatic rings. The lowest BCUT2D eigenvalue weighted by atomic mass is 10.2. The summed E-state index contributed by atoms with van der Waals surface area (Å²) < 4.78 is 5.29. The highest BCUT2D eigenvalue weighted by Gasteiger charge is 2.10. The Labute approximate surface area is 108 Å². The van der Waals surface area contributed by atoms with Gasteiger partial charge in [-0.05, 0) is 30.7 Å². The molecule has 96 valence electrons. The fourth-order valence-corrected chi connectivity index (χ4v) is 1.48. The van der Waals surface area contributed by atoms with Crippen LogP contribution in [0, 0.1) is 11.3 Å². The van der Waals surface area contributed by atoms with E-state index in [0.717, 1.165) is 12.1 Å². The average Bonchev–Trinajstić information content (AvgIpc) is 2.42. The van der Waals surface area contributed by atoms with Gasteiger partial charge >= 0.3 is 0 Å². The van der Waals surface area contributed by atoms with Gasteiger partial charge in [0.25, 0.3) is 0 Å². The smallest absolute Gasteiger partial charge is 0.229 e. The molecule has 0 heterocycles. The van der Waals surface area contributed by atoms with Crippen LogP contribution < -0.4 is 4.90 Å². The molecule has 0 aliphatic carbocycles. The molecular weight excluding hydrogens is 228 g/mol. The van der Waals surface area contributed by atoms with E-state index >= 15 is 0 Å². The zero-order chi connectivity index (χ0) is 13.4. The first-order valence-corrected chi connectivity index (χ1v) is 6.03. The van der Waals surface area contributed by atoms with Gasteiger partial charge < -0.3 is 9.64 Å². The van der Waals surface area contributed by atoms with Crippen molar-refractivity contribution in [2.45, 2.75) is 19.8 Å². The number of benzene rings is 1. The van der Waals surface area contributed by atoms with Crippen molar-refractivity contribution in [2.75, 3.05) is 25.2 Å². The molecule has 0 N–H and O–H groups in total. The molecule has 0 spiro atoms. The van der Waals surface area contributed by atoms with Crippen molar-refractivity contribution in [1.29, 1.82) is 5.26 Å². The van der Waals surface area contributed by atoms with E-state index in [-0.39, 0.29) is 5.91 Å². The number of anilines is 1. The number of carbonyl (C=O) groups is 1. The van der Waals surface area contributed by atoms with Crippen molar-refractivity contribution in [3.05, 3.63) is 29.8 Å². The Bertz CT molecular complexity index is 420. The number of nitriles is 1. The van der Waals surface area contributed by atoms with E-state index in [1.165, 1.54) is 0 Å². The Balaban J connectivity index is 2.49. The summed E-state index contributed by atoms with van der Waals surface area (Å²) in [6.45, 7) is 3.17. The van der Waals surface area contributed by atoms with Gasteiger partial charge in [0.05, 0.1) is 24.7 Å². The normalized spacial score (nSPS) is 9.83. The zero-order valence-electron chi connectivity index (χ0n) is 10.8. The molecule has 18 heavy (non-hydrogen) atoms. The molecule has 0 aliphatic rings. The molecule has 0 unspecified atom stereocenters. The maximum Gasteiger partial charge on any atom is 0.229 e. The Morgan fingerprint density at radius 2 is 2.00 bits per heavy atom. The molecule has 0 saturated heterocycles. The Hall–Kier alpha value is -1.86. The van der Waals surface area contributed by atoms with E-state index in [1.54, 1.807) is 36.2 Å². The van der Waals surface area contributed by atoms with Crippen LogP contribution in [0.5, 0.6) is 0 Å². The molecule has 1 aromatic carbocycles. The second-order valence-electron chi connectivity index (χ2n) is 3.97. The van der Waals surface area contributed by atoms with E-state index in [2.05, 4.69) is 0 Å². The van der Waals surface area contributed by atoms with Crippen LogP contribution in [0.15, 0.2) is 24.3 Å². The summed E-state index contributed by atoms with van der Waals surface area (Å²) in [6, 6.07) is 8.98. The molecule has 4 nitrogen and oxygen atoms in total.